The minimum atomic E-state index is 0.358. The molecular formula is C13H18BrNO. The Morgan fingerprint density at radius 2 is 2.19 bits per heavy atom. The molecule has 0 aromatic heterocycles. The zero-order valence-electron chi connectivity index (χ0n) is 9.59. The smallest absolute Gasteiger partial charge is 0.134 e. The Labute approximate surface area is 105 Å². The van der Waals surface area contributed by atoms with Crippen LogP contribution in [0.25, 0.3) is 0 Å². The second kappa shape index (κ2) is 4.76. The highest BCUT2D eigenvalue weighted by Gasteiger charge is 2.39. The Morgan fingerprint density at radius 1 is 1.44 bits per heavy atom. The van der Waals surface area contributed by atoms with E-state index in [4.69, 9.17) is 0 Å². The number of rotatable bonds is 5. The lowest BCUT2D eigenvalue weighted by molar-refractivity contribution is 0.431. The van der Waals surface area contributed by atoms with E-state index >= 15 is 0 Å². The fourth-order valence-electron chi connectivity index (χ4n) is 2.00. The van der Waals surface area contributed by atoms with Crippen molar-refractivity contribution in [2.24, 2.45) is 5.41 Å². The van der Waals surface area contributed by atoms with Gasteiger partial charge in [-0.25, -0.2) is 0 Å². The molecule has 0 atom stereocenters. The maximum Gasteiger partial charge on any atom is 0.134 e. The van der Waals surface area contributed by atoms with Crippen LogP contribution in [0, 0.1) is 5.41 Å². The summed E-state index contributed by atoms with van der Waals surface area (Å²) < 4.78 is 0.767. The molecule has 1 aromatic rings. The normalized spacial score (nSPS) is 17.4. The van der Waals surface area contributed by atoms with Crippen LogP contribution in [-0.2, 0) is 6.54 Å². The predicted molar refractivity (Wildman–Crippen MR) is 69.5 cm³/mol. The number of benzene rings is 1. The minimum Gasteiger partial charge on any atom is -0.506 e. The van der Waals surface area contributed by atoms with Crippen LogP contribution >= 0.6 is 15.9 Å². The summed E-state index contributed by atoms with van der Waals surface area (Å²) in [5.41, 5.74) is 1.52. The first kappa shape index (κ1) is 11.9. The molecule has 0 spiro atoms. The van der Waals surface area contributed by atoms with Crippen molar-refractivity contribution in [1.82, 2.24) is 5.32 Å². The van der Waals surface area contributed by atoms with Gasteiger partial charge in [0.25, 0.3) is 0 Å². The summed E-state index contributed by atoms with van der Waals surface area (Å²) in [4.78, 5) is 0. The van der Waals surface area contributed by atoms with E-state index in [1.807, 2.05) is 18.2 Å². The summed E-state index contributed by atoms with van der Waals surface area (Å²) in [6.45, 7) is 4.06. The maximum absolute atomic E-state index is 9.81. The number of aromatic hydroxyl groups is 1. The van der Waals surface area contributed by atoms with Gasteiger partial charge >= 0.3 is 0 Å². The van der Waals surface area contributed by atoms with E-state index in [0.717, 1.165) is 23.1 Å². The molecule has 3 heteroatoms. The van der Waals surface area contributed by atoms with Crippen LogP contribution in [0.4, 0.5) is 0 Å². The van der Waals surface area contributed by atoms with Gasteiger partial charge in [-0.15, -0.1) is 0 Å². The zero-order chi connectivity index (χ0) is 11.6. The molecule has 1 fully saturated rings. The monoisotopic (exact) mass is 283 g/mol. The quantitative estimate of drug-likeness (QED) is 0.868. The van der Waals surface area contributed by atoms with Gasteiger partial charge in [-0.3, -0.25) is 0 Å². The van der Waals surface area contributed by atoms with Crippen LogP contribution < -0.4 is 5.32 Å². The fourth-order valence-corrected chi connectivity index (χ4v) is 2.40. The third-order valence-corrected chi connectivity index (χ3v) is 4.23. The summed E-state index contributed by atoms with van der Waals surface area (Å²) in [7, 11) is 0. The lowest BCUT2D eigenvalue weighted by atomic mass is 10.0. The fraction of sp³-hybridized carbons (Fsp3) is 0.538. The Hall–Kier alpha value is -0.540. The number of hydrogen-bond donors (Lipinski definition) is 2. The zero-order valence-corrected chi connectivity index (χ0v) is 11.2. The maximum atomic E-state index is 9.81. The molecule has 2 rings (SSSR count). The number of hydrogen-bond acceptors (Lipinski definition) is 2. The van der Waals surface area contributed by atoms with E-state index in [-0.39, 0.29) is 0 Å². The second-order valence-electron chi connectivity index (χ2n) is 4.70. The first-order chi connectivity index (χ1) is 7.67. The van der Waals surface area contributed by atoms with Crippen LogP contribution in [-0.4, -0.2) is 11.7 Å². The number of phenolic OH excluding ortho intramolecular Hbond substituents is 1. The van der Waals surface area contributed by atoms with Crippen LogP contribution in [0.3, 0.4) is 0 Å². The van der Waals surface area contributed by atoms with Crippen molar-refractivity contribution in [3.05, 3.63) is 28.2 Å². The highest BCUT2D eigenvalue weighted by atomic mass is 79.9. The van der Waals surface area contributed by atoms with Gasteiger partial charge in [0.1, 0.15) is 5.75 Å². The Kier molecular flexibility index (Phi) is 3.55. The molecule has 2 N–H and O–H groups in total. The summed E-state index contributed by atoms with van der Waals surface area (Å²) in [6, 6.07) is 5.76. The number of para-hydroxylation sites is 1. The first-order valence-corrected chi connectivity index (χ1v) is 6.63. The van der Waals surface area contributed by atoms with Crippen molar-refractivity contribution in [3.8, 4) is 5.75 Å². The Bertz CT molecular complexity index is 374. The summed E-state index contributed by atoms with van der Waals surface area (Å²) >= 11 is 3.33. The largest absolute Gasteiger partial charge is 0.506 e. The standard InChI is InChI=1S/C13H18BrNO/c1-2-13(6-7-13)9-15-8-10-4-3-5-11(14)12(10)16/h3-5,15-16H,2,6-9H2,1H3. The molecule has 16 heavy (non-hydrogen) atoms. The summed E-state index contributed by atoms with van der Waals surface area (Å²) in [6.07, 6.45) is 3.95. The average Bonchev–Trinajstić information content (AvgIpc) is 3.05. The molecule has 0 aliphatic heterocycles. The van der Waals surface area contributed by atoms with E-state index in [1.54, 1.807) is 0 Å². The van der Waals surface area contributed by atoms with Gasteiger partial charge in [0, 0.05) is 18.7 Å². The van der Waals surface area contributed by atoms with Crippen LogP contribution in [0.2, 0.25) is 0 Å². The van der Waals surface area contributed by atoms with Crippen molar-refractivity contribution in [1.29, 1.82) is 0 Å². The number of nitrogens with one attached hydrogen (secondary N) is 1. The molecule has 1 aliphatic rings. The van der Waals surface area contributed by atoms with Gasteiger partial charge in [-0.1, -0.05) is 19.1 Å². The van der Waals surface area contributed by atoms with Gasteiger partial charge < -0.3 is 10.4 Å². The highest BCUT2D eigenvalue weighted by molar-refractivity contribution is 9.10. The SMILES string of the molecule is CCC1(CNCc2cccc(Br)c2O)CC1. The number of phenols is 1. The molecule has 0 bridgehead atoms. The van der Waals surface area contributed by atoms with Crippen molar-refractivity contribution < 1.29 is 5.11 Å². The molecule has 2 nitrogen and oxygen atoms in total. The highest BCUT2D eigenvalue weighted by Crippen LogP contribution is 2.47. The molecule has 0 saturated heterocycles. The Morgan fingerprint density at radius 3 is 2.81 bits per heavy atom. The summed E-state index contributed by atoms with van der Waals surface area (Å²) in [5.74, 6) is 0.358. The molecule has 1 saturated carbocycles. The van der Waals surface area contributed by atoms with E-state index < -0.39 is 0 Å². The van der Waals surface area contributed by atoms with Crippen molar-refractivity contribution in [2.75, 3.05) is 6.54 Å². The molecule has 0 heterocycles. The molecule has 1 aliphatic carbocycles. The molecule has 0 radical (unpaired) electrons. The van der Waals surface area contributed by atoms with Crippen molar-refractivity contribution in [3.63, 3.8) is 0 Å². The van der Waals surface area contributed by atoms with Gasteiger partial charge in [0.2, 0.25) is 0 Å². The van der Waals surface area contributed by atoms with Crippen LogP contribution in [0.5, 0.6) is 5.75 Å². The topological polar surface area (TPSA) is 32.3 Å². The predicted octanol–water partition coefficient (Wildman–Crippen LogP) is 3.43. The average molecular weight is 284 g/mol. The van der Waals surface area contributed by atoms with Gasteiger partial charge in [-0.05, 0) is 46.7 Å². The molecule has 0 amide bonds. The molecule has 0 unspecified atom stereocenters. The lowest BCUT2D eigenvalue weighted by Crippen LogP contribution is -2.23. The second-order valence-corrected chi connectivity index (χ2v) is 5.56. The summed E-state index contributed by atoms with van der Waals surface area (Å²) in [5, 5.41) is 13.3. The molecule has 88 valence electrons. The van der Waals surface area contributed by atoms with Crippen molar-refractivity contribution in [2.45, 2.75) is 32.7 Å². The molecular weight excluding hydrogens is 266 g/mol. The van der Waals surface area contributed by atoms with E-state index in [0.29, 0.717) is 11.2 Å². The molecule has 1 aromatic carbocycles. The Balaban J connectivity index is 1.88. The third kappa shape index (κ3) is 2.58. The van der Waals surface area contributed by atoms with E-state index in [9.17, 15) is 5.11 Å². The van der Waals surface area contributed by atoms with Crippen LogP contribution in [0.1, 0.15) is 31.7 Å². The van der Waals surface area contributed by atoms with Crippen molar-refractivity contribution >= 4 is 15.9 Å². The third-order valence-electron chi connectivity index (χ3n) is 3.59. The minimum absolute atomic E-state index is 0.358. The number of halogens is 1. The lowest BCUT2D eigenvalue weighted by Gasteiger charge is -2.14. The first-order valence-electron chi connectivity index (χ1n) is 5.84. The van der Waals surface area contributed by atoms with E-state index in [2.05, 4.69) is 28.2 Å². The van der Waals surface area contributed by atoms with Gasteiger partial charge in [-0.2, -0.15) is 0 Å². The van der Waals surface area contributed by atoms with Gasteiger partial charge in [0.15, 0.2) is 0 Å². The van der Waals surface area contributed by atoms with Gasteiger partial charge in [0.05, 0.1) is 4.47 Å². The van der Waals surface area contributed by atoms with Crippen LogP contribution in [0.15, 0.2) is 22.7 Å². The van der Waals surface area contributed by atoms with E-state index in [1.165, 1.54) is 19.3 Å².